The molecule has 0 radical (unpaired) electrons. The van der Waals surface area contributed by atoms with Crippen LogP contribution in [0.4, 0.5) is 0 Å². The Kier molecular flexibility index (Phi) is 14.1. The molecule has 1 saturated carbocycles. The van der Waals surface area contributed by atoms with Gasteiger partial charge in [0.2, 0.25) is 0 Å². The summed E-state index contributed by atoms with van der Waals surface area (Å²) < 4.78 is 5.88. The van der Waals surface area contributed by atoms with Crippen molar-refractivity contribution in [3.8, 4) is 0 Å². The van der Waals surface area contributed by atoms with Crippen LogP contribution in [-0.2, 0) is 4.74 Å². The normalized spacial score (nSPS) is 16.1. The van der Waals surface area contributed by atoms with Crippen LogP contribution < -0.4 is 10.6 Å². The van der Waals surface area contributed by atoms with Crippen molar-refractivity contribution in [2.45, 2.75) is 78.0 Å². The summed E-state index contributed by atoms with van der Waals surface area (Å²) in [5.41, 5.74) is 0. The van der Waals surface area contributed by atoms with Gasteiger partial charge in [0.05, 0.1) is 6.10 Å². The lowest BCUT2D eigenvalue weighted by Crippen LogP contribution is -2.45. The molecule has 0 saturated heterocycles. The molecule has 0 heterocycles. The SMILES string of the molecule is CN=C(NCCCOC1CCCC1)NCCN(C(C)C)C(C)C.I. The molecule has 1 rings (SSSR count). The topological polar surface area (TPSA) is 48.9 Å². The predicted octanol–water partition coefficient (Wildman–Crippen LogP) is 3.24. The van der Waals surface area contributed by atoms with E-state index in [0.29, 0.717) is 18.2 Å². The Balaban J connectivity index is 0.00000529. The largest absolute Gasteiger partial charge is 0.378 e. The van der Waals surface area contributed by atoms with Gasteiger partial charge in [-0.2, -0.15) is 0 Å². The van der Waals surface area contributed by atoms with Crippen LogP contribution >= 0.6 is 24.0 Å². The Morgan fingerprint density at radius 2 is 1.67 bits per heavy atom. The quantitative estimate of drug-likeness (QED) is 0.230. The standard InChI is InChI=1S/C18H38N4O.HI/c1-15(2)22(16(3)4)13-12-21-18(19-5)20-11-8-14-23-17-9-6-7-10-17;/h15-17H,6-14H2,1-5H3,(H2,19,20,21);1H. The molecule has 1 aliphatic rings. The molecule has 0 aliphatic heterocycles. The smallest absolute Gasteiger partial charge is 0.191 e. The minimum absolute atomic E-state index is 0. The first-order valence-corrected chi connectivity index (χ1v) is 9.36. The van der Waals surface area contributed by atoms with Gasteiger partial charge >= 0.3 is 0 Å². The van der Waals surface area contributed by atoms with Crippen LogP contribution in [0.5, 0.6) is 0 Å². The molecule has 0 amide bonds. The van der Waals surface area contributed by atoms with Crippen molar-refractivity contribution < 1.29 is 4.74 Å². The average molecular weight is 454 g/mol. The summed E-state index contributed by atoms with van der Waals surface area (Å²) in [6, 6.07) is 1.14. The lowest BCUT2D eigenvalue weighted by Gasteiger charge is -2.30. The van der Waals surface area contributed by atoms with Crippen LogP contribution in [-0.4, -0.2) is 62.3 Å². The molecule has 0 aromatic rings. The van der Waals surface area contributed by atoms with Gasteiger partial charge in [0.25, 0.3) is 0 Å². The first-order valence-electron chi connectivity index (χ1n) is 9.36. The lowest BCUT2D eigenvalue weighted by atomic mass is 10.2. The summed E-state index contributed by atoms with van der Waals surface area (Å²) in [5, 5.41) is 6.77. The zero-order valence-electron chi connectivity index (χ0n) is 16.3. The van der Waals surface area contributed by atoms with E-state index in [1.54, 1.807) is 0 Å². The van der Waals surface area contributed by atoms with Gasteiger partial charge in [-0.25, -0.2) is 0 Å². The van der Waals surface area contributed by atoms with Crippen molar-refractivity contribution in [1.29, 1.82) is 0 Å². The van der Waals surface area contributed by atoms with E-state index in [4.69, 9.17) is 4.74 Å². The Morgan fingerprint density at radius 1 is 1.08 bits per heavy atom. The summed E-state index contributed by atoms with van der Waals surface area (Å²) >= 11 is 0. The molecule has 1 aliphatic carbocycles. The van der Waals surface area contributed by atoms with E-state index in [-0.39, 0.29) is 24.0 Å². The van der Waals surface area contributed by atoms with Crippen molar-refractivity contribution in [1.82, 2.24) is 15.5 Å². The van der Waals surface area contributed by atoms with E-state index >= 15 is 0 Å². The lowest BCUT2D eigenvalue weighted by molar-refractivity contribution is 0.0574. The number of nitrogens with one attached hydrogen (secondary N) is 2. The second kappa shape index (κ2) is 14.1. The Bertz CT molecular complexity index is 323. The highest BCUT2D eigenvalue weighted by Gasteiger charge is 2.15. The molecule has 0 unspecified atom stereocenters. The Hall–Kier alpha value is -0.0800. The zero-order valence-corrected chi connectivity index (χ0v) is 18.6. The van der Waals surface area contributed by atoms with Crippen molar-refractivity contribution in [3.05, 3.63) is 0 Å². The minimum atomic E-state index is 0. The molecule has 144 valence electrons. The molecule has 0 bridgehead atoms. The van der Waals surface area contributed by atoms with Crippen LogP contribution in [0, 0.1) is 0 Å². The maximum absolute atomic E-state index is 5.88. The fraction of sp³-hybridized carbons (Fsp3) is 0.944. The fourth-order valence-electron chi connectivity index (χ4n) is 3.22. The molecule has 0 aromatic carbocycles. The van der Waals surface area contributed by atoms with Gasteiger partial charge in [0, 0.05) is 45.4 Å². The summed E-state index contributed by atoms with van der Waals surface area (Å²) in [5.74, 6) is 0.887. The second-order valence-electron chi connectivity index (χ2n) is 6.98. The predicted molar refractivity (Wildman–Crippen MR) is 115 cm³/mol. The van der Waals surface area contributed by atoms with E-state index in [9.17, 15) is 0 Å². The van der Waals surface area contributed by atoms with Gasteiger partial charge in [-0.1, -0.05) is 12.8 Å². The van der Waals surface area contributed by atoms with Crippen molar-refractivity contribution in [3.63, 3.8) is 0 Å². The highest BCUT2D eigenvalue weighted by Crippen LogP contribution is 2.20. The minimum Gasteiger partial charge on any atom is -0.378 e. The fourth-order valence-corrected chi connectivity index (χ4v) is 3.22. The number of hydrogen-bond acceptors (Lipinski definition) is 3. The summed E-state index contributed by atoms with van der Waals surface area (Å²) in [4.78, 5) is 6.77. The van der Waals surface area contributed by atoms with Gasteiger partial charge in [-0.05, 0) is 47.0 Å². The molecule has 2 N–H and O–H groups in total. The van der Waals surface area contributed by atoms with E-state index in [1.807, 2.05) is 7.05 Å². The number of aliphatic imine (C=N–C) groups is 1. The number of nitrogens with zero attached hydrogens (tertiary/aromatic N) is 2. The third-order valence-corrected chi connectivity index (χ3v) is 4.48. The number of rotatable bonds is 10. The first-order chi connectivity index (χ1) is 11.0. The van der Waals surface area contributed by atoms with E-state index in [2.05, 4.69) is 48.2 Å². The van der Waals surface area contributed by atoms with E-state index < -0.39 is 0 Å². The molecule has 1 fully saturated rings. The van der Waals surface area contributed by atoms with Crippen LogP contribution in [0.1, 0.15) is 59.8 Å². The third kappa shape index (κ3) is 10.0. The van der Waals surface area contributed by atoms with Crippen LogP contribution in [0.2, 0.25) is 0 Å². The monoisotopic (exact) mass is 454 g/mol. The number of hydrogen-bond donors (Lipinski definition) is 2. The number of ether oxygens (including phenoxy) is 1. The highest BCUT2D eigenvalue weighted by atomic mass is 127. The summed E-state index contributed by atoms with van der Waals surface area (Å²) in [6.07, 6.45) is 6.72. The Morgan fingerprint density at radius 3 is 2.21 bits per heavy atom. The first kappa shape index (κ1) is 23.9. The Labute approximate surface area is 166 Å². The van der Waals surface area contributed by atoms with Crippen LogP contribution in [0.15, 0.2) is 4.99 Å². The molecule has 6 heteroatoms. The van der Waals surface area contributed by atoms with Gasteiger partial charge in [-0.15, -0.1) is 24.0 Å². The molecule has 0 aromatic heterocycles. The maximum atomic E-state index is 5.88. The number of guanidine groups is 1. The number of halogens is 1. The molecule has 24 heavy (non-hydrogen) atoms. The van der Waals surface area contributed by atoms with E-state index in [0.717, 1.165) is 38.6 Å². The van der Waals surface area contributed by atoms with Crippen LogP contribution in [0.25, 0.3) is 0 Å². The van der Waals surface area contributed by atoms with Crippen molar-refractivity contribution >= 4 is 29.9 Å². The second-order valence-corrected chi connectivity index (χ2v) is 6.98. The van der Waals surface area contributed by atoms with E-state index in [1.165, 1.54) is 25.7 Å². The third-order valence-electron chi connectivity index (χ3n) is 4.48. The molecular weight excluding hydrogens is 415 g/mol. The molecular formula is C18H39IN4O. The molecule has 0 spiro atoms. The molecule has 0 atom stereocenters. The average Bonchev–Trinajstić information content (AvgIpc) is 3.01. The summed E-state index contributed by atoms with van der Waals surface area (Å²) in [6.45, 7) is 12.7. The van der Waals surface area contributed by atoms with Crippen molar-refractivity contribution in [2.24, 2.45) is 4.99 Å². The van der Waals surface area contributed by atoms with Crippen LogP contribution in [0.3, 0.4) is 0 Å². The zero-order chi connectivity index (χ0) is 17.1. The van der Waals surface area contributed by atoms with Gasteiger partial charge < -0.3 is 15.4 Å². The maximum Gasteiger partial charge on any atom is 0.191 e. The highest BCUT2D eigenvalue weighted by molar-refractivity contribution is 14.0. The van der Waals surface area contributed by atoms with Crippen molar-refractivity contribution in [2.75, 3.05) is 33.3 Å². The van der Waals surface area contributed by atoms with Gasteiger partial charge in [0.15, 0.2) is 5.96 Å². The molecule has 5 nitrogen and oxygen atoms in total. The summed E-state index contributed by atoms with van der Waals surface area (Å²) in [7, 11) is 1.83. The van der Waals surface area contributed by atoms with Gasteiger partial charge in [-0.3, -0.25) is 9.89 Å². The van der Waals surface area contributed by atoms with Gasteiger partial charge in [0.1, 0.15) is 0 Å².